The van der Waals surface area contributed by atoms with E-state index in [4.69, 9.17) is 14.2 Å². The summed E-state index contributed by atoms with van der Waals surface area (Å²) in [5.41, 5.74) is 1.92. The van der Waals surface area contributed by atoms with Gasteiger partial charge in [0.25, 0.3) is 0 Å². The normalized spacial score (nSPS) is 11.1. The minimum absolute atomic E-state index is 0.311. The van der Waals surface area contributed by atoms with E-state index in [-0.39, 0.29) is 5.97 Å². The lowest BCUT2D eigenvalue weighted by atomic mass is 10.0. The lowest BCUT2D eigenvalue weighted by molar-refractivity contribution is -0.137. The largest absolute Gasteiger partial charge is 0.496 e. The van der Waals surface area contributed by atoms with Crippen LogP contribution in [0.4, 0.5) is 0 Å². The number of benzene rings is 2. The summed E-state index contributed by atoms with van der Waals surface area (Å²) in [7, 11) is 1.66. The van der Waals surface area contributed by atoms with Crippen LogP contribution in [0.25, 0.3) is 6.08 Å². The van der Waals surface area contributed by atoms with Crippen LogP contribution >= 0.6 is 31.9 Å². The molecule has 2 aromatic rings. The second-order valence-corrected chi connectivity index (χ2v) is 7.77. The average molecular weight is 498 g/mol. The van der Waals surface area contributed by atoms with Gasteiger partial charge in [-0.3, -0.25) is 0 Å². The first-order valence-corrected chi connectivity index (χ1v) is 10.1. The fraction of sp³-hybridized carbons (Fsp3) is 0.286. The maximum atomic E-state index is 11.5. The molecule has 2 aromatic carbocycles. The van der Waals surface area contributed by atoms with Crippen molar-refractivity contribution in [1.29, 1.82) is 0 Å². The van der Waals surface area contributed by atoms with Crippen molar-refractivity contribution >= 4 is 43.9 Å². The molecule has 0 aliphatic heterocycles. The second-order valence-electron chi connectivity index (χ2n) is 6.06. The van der Waals surface area contributed by atoms with E-state index in [2.05, 4.69) is 45.7 Å². The Hall–Kier alpha value is -1.79. The molecule has 0 aliphatic rings. The number of hydrogen-bond donors (Lipinski definition) is 0. The molecule has 0 aromatic heterocycles. The van der Waals surface area contributed by atoms with Gasteiger partial charge < -0.3 is 14.2 Å². The maximum absolute atomic E-state index is 11.5. The zero-order valence-corrected chi connectivity index (χ0v) is 18.9. The smallest absolute Gasteiger partial charge is 0.330 e. The number of carbonyl (C=O) groups excluding carboxylic acids is 1. The van der Waals surface area contributed by atoms with Crippen LogP contribution in [0, 0.1) is 0 Å². The highest BCUT2D eigenvalue weighted by molar-refractivity contribution is 9.11. The molecule has 0 radical (unpaired) electrons. The van der Waals surface area contributed by atoms with Gasteiger partial charge in [0.05, 0.1) is 22.7 Å². The molecule has 0 amide bonds. The van der Waals surface area contributed by atoms with Crippen LogP contribution < -0.4 is 9.47 Å². The summed E-state index contributed by atoms with van der Waals surface area (Å²) >= 11 is 7.08. The molecule has 0 spiro atoms. The Bertz CT molecular complexity index is 821. The zero-order valence-electron chi connectivity index (χ0n) is 15.7. The quantitative estimate of drug-likeness (QED) is 0.315. The summed E-state index contributed by atoms with van der Waals surface area (Å²) in [5, 5.41) is 0. The van der Waals surface area contributed by atoms with Crippen molar-refractivity contribution in [2.75, 3.05) is 13.7 Å². The van der Waals surface area contributed by atoms with Crippen molar-refractivity contribution in [3.8, 4) is 17.2 Å². The fourth-order valence-corrected chi connectivity index (χ4v) is 3.86. The van der Waals surface area contributed by atoms with Gasteiger partial charge in [-0.2, -0.15) is 0 Å². The Labute approximate surface area is 176 Å². The van der Waals surface area contributed by atoms with Gasteiger partial charge in [-0.25, -0.2) is 4.79 Å². The Kier molecular flexibility index (Phi) is 7.92. The lowest BCUT2D eigenvalue weighted by Gasteiger charge is -2.15. The molecular weight excluding hydrogens is 476 g/mol. The lowest BCUT2D eigenvalue weighted by Crippen LogP contribution is -1.98. The van der Waals surface area contributed by atoms with Gasteiger partial charge in [-0.05, 0) is 86.7 Å². The molecule has 6 heteroatoms. The topological polar surface area (TPSA) is 44.8 Å². The summed E-state index contributed by atoms with van der Waals surface area (Å²) < 4.78 is 17.9. The number of halogens is 2. The van der Waals surface area contributed by atoms with Crippen molar-refractivity contribution in [2.24, 2.45) is 0 Å². The van der Waals surface area contributed by atoms with E-state index < -0.39 is 0 Å². The molecule has 0 N–H and O–H groups in total. The number of carbonyl (C=O) groups is 1. The highest BCUT2D eigenvalue weighted by Crippen LogP contribution is 2.39. The van der Waals surface area contributed by atoms with Crippen molar-refractivity contribution in [3.05, 3.63) is 56.5 Å². The molecule has 0 fully saturated rings. The fourth-order valence-electron chi connectivity index (χ4n) is 2.47. The molecule has 0 aliphatic carbocycles. The van der Waals surface area contributed by atoms with E-state index >= 15 is 0 Å². The van der Waals surface area contributed by atoms with Gasteiger partial charge in [-0.1, -0.05) is 13.8 Å². The maximum Gasteiger partial charge on any atom is 0.330 e. The summed E-state index contributed by atoms with van der Waals surface area (Å²) in [6.45, 7) is 6.34. The number of ether oxygens (including phenoxy) is 3. The SMILES string of the molecule is CCOC(=O)C=Cc1cc(Br)c(Oc2ccc(OC)c(C(C)C)c2)c(Br)c1. The van der Waals surface area contributed by atoms with Gasteiger partial charge in [0.15, 0.2) is 5.75 Å². The molecule has 0 bridgehead atoms. The first-order chi connectivity index (χ1) is 12.8. The van der Waals surface area contributed by atoms with Gasteiger partial charge in [-0.15, -0.1) is 0 Å². The standard InChI is InChI=1S/C21H22Br2O4/c1-5-26-20(24)9-6-14-10-17(22)21(18(23)11-14)27-15-7-8-19(25-4)16(12-15)13(2)3/h6-13H,5H2,1-4H3. The van der Waals surface area contributed by atoms with E-state index in [1.54, 1.807) is 20.1 Å². The van der Waals surface area contributed by atoms with Crippen LogP contribution in [-0.2, 0) is 9.53 Å². The van der Waals surface area contributed by atoms with Crippen LogP contribution in [-0.4, -0.2) is 19.7 Å². The molecule has 4 nitrogen and oxygen atoms in total. The van der Waals surface area contributed by atoms with Crippen LogP contribution in [0.15, 0.2) is 45.4 Å². The van der Waals surface area contributed by atoms with E-state index in [0.29, 0.717) is 18.3 Å². The molecule has 144 valence electrons. The summed E-state index contributed by atoms with van der Waals surface area (Å²) in [6.07, 6.45) is 3.10. The van der Waals surface area contributed by atoms with Gasteiger partial charge >= 0.3 is 5.97 Å². The Morgan fingerprint density at radius 2 is 1.81 bits per heavy atom. The molecule has 0 heterocycles. The predicted octanol–water partition coefficient (Wildman–Crippen LogP) is 6.71. The summed E-state index contributed by atoms with van der Waals surface area (Å²) in [4.78, 5) is 11.5. The van der Waals surface area contributed by atoms with Crippen LogP contribution in [0.5, 0.6) is 17.2 Å². The van der Waals surface area contributed by atoms with E-state index in [0.717, 1.165) is 31.6 Å². The van der Waals surface area contributed by atoms with Gasteiger partial charge in [0.1, 0.15) is 11.5 Å². The van der Waals surface area contributed by atoms with Crippen molar-refractivity contribution in [1.82, 2.24) is 0 Å². The van der Waals surface area contributed by atoms with Gasteiger partial charge in [0.2, 0.25) is 0 Å². The first kappa shape index (κ1) is 21.5. The average Bonchev–Trinajstić information content (AvgIpc) is 2.63. The molecule has 0 atom stereocenters. The monoisotopic (exact) mass is 496 g/mol. The zero-order chi connectivity index (χ0) is 20.0. The van der Waals surface area contributed by atoms with Crippen LogP contribution in [0.3, 0.4) is 0 Å². The van der Waals surface area contributed by atoms with Crippen molar-refractivity contribution in [3.63, 3.8) is 0 Å². The van der Waals surface area contributed by atoms with E-state index in [1.807, 2.05) is 30.3 Å². The summed E-state index contributed by atoms with van der Waals surface area (Å²) in [5.74, 6) is 2.16. The highest BCUT2D eigenvalue weighted by atomic mass is 79.9. The number of rotatable bonds is 7. The van der Waals surface area contributed by atoms with Crippen molar-refractivity contribution < 1.29 is 19.0 Å². The molecule has 27 heavy (non-hydrogen) atoms. The third-order valence-corrected chi connectivity index (χ3v) is 4.94. The Balaban J connectivity index is 2.27. The van der Waals surface area contributed by atoms with E-state index in [1.165, 1.54) is 6.08 Å². The van der Waals surface area contributed by atoms with Crippen LogP contribution in [0.1, 0.15) is 37.8 Å². The summed E-state index contributed by atoms with van der Waals surface area (Å²) in [6, 6.07) is 9.52. The molecule has 0 saturated heterocycles. The third kappa shape index (κ3) is 5.84. The number of hydrogen-bond acceptors (Lipinski definition) is 4. The predicted molar refractivity (Wildman–Crippen MR) is 115 cm³/mol. The minimum Gasteiger partial charge on any atom is -0.496 e. The third-order valence-electron chi connectivity index (χ3n) is 3.76. The Morgan fingerprint density at radius 1 is 1.15 bits per heavy atom. The molecule has 0 saturated carbocycles. The van der Waals surface area contributed by atoms with Gasteiger partial charge in [0, 0.05) is 11.6 Å². The highest BCUT2D eigenvalue weighted by Gasteiger charge is 2.13. The second kappa shape index (κ2) is 9.95. The van der Waals surface area contributed by atoms with Crippen LogP contribution in [0.2, 0.25) is 0 Å². The molecule has 0 unspecified atom stereocenters. The van der Waals surface area contributed by atoms with E-state index in [9.17, 15) is 4.79 Å². The molecular formula is C21H22Br2O4. The number of esters is 1. The number of methoxy groups -OCH3 is 1. The van der Waals surface area contributed by atoms with Crippen molar-refractivity contribution in [2.45, 2.75) is 26.7 Å². The minimum atomic E-state index is -0.371. The first-order valence-electron chi connectivity index (χ1n) is 8.55. The molecule has 2 rings (SSSR count). The Morgan fingerprint density at radius 3 is 2.37 bits per heavy atom.